The van der Waals surface area contributed by atoms with Crippen molar-refractivity contribution in [2.45, 2.75) is 78.2 Å². The standard InChI is InChI=1S/C31H40N2O4/c1-4-6-8-9-10-13-25-21-32-30(33-22-25)26-16-18-27(19-17-26)31(34)37-29-15-12-11-14-28(29)36-23-24(3)35-20-7-5-2/h11-12,14-19,21-22,24H,4-10,13,20,23H2,1-3H3. The molecule has 37 heavy (non-hydrogen) atoms. The van der Waals surface area contributed by atoms with Gasteiger partial charge in [-0.1, -0.05) is 70.2 Å². The number of carbonyl (C=O) groups excluding carboxylic acids is 1. The van der Waals surface area contributed by atoms with Gasteiger partial charge in [-0.15, -0.1) is 0 Å². The second-order valence-electron chi connectivity index (χ2n) is 9.34. The number of aryl methyl sites for hydroxylation is 1. The molecule has 0 bridgehead atoms. The Morgan fingerprint density at radius 3 is 2.22 bits per heavy atom. The molecule has 198 valence electrons. The Kier molecular flexibility index (Phi) is 12.1. The number of benzene rings is 2. The third-order valence-electron chi connectivity index (χ3n) is 6.08. The molecule has 1 heterocycles. The van der Waals surface area contributed by atoms with E-state index in [1.54, 1.807) is 24.3 Å². The minimum absolute atomic E-state index is 0.0510. The lowest BCUT2D eigenvalue weighted by atomic mass is 10.1. The SMILES string of the molecule is CCCCCCCc1cnc(-c2ccc(C(=O)Oc3ccccc3OCC(C)OCCCC)cc2)nc1. The van der Waals surface area contributed by atoms with Crippen molar-refractivity contribution in [2.24, 2.45) is 0 Å². The Morgan fingerprint density at radius 1 is 0.838 bits per heavy atom. The average molecular weight is 505 g/mol. The summed E-state index contributed by atoms with van der Waals surface area (Å²) in [7, 11) is 0. The monoisotopic (exact) mass is 504 g/mol. The highest BCUT2D eigenvalue weighted by atomic mass is 16.6. The van der Waals surface area contributed by atoms with Crippen LogP contribution in [0, 0.1) is 0 Å². The molecule has 0 spiro atoms. The van der Waals surface area contributed by atoms with Crippen LogP contribution in [-0.4, -0.2) is 35.3 Å². The van der Waals surface area contributed by atoms with Crippen LogP contribution in [0.25, 0.3) is 11.4 Å². The summed E-state index contributed by atoms with van der Waals surface area (Å²) in [4.78, 5) is 21.8. The molecule has 6 nitrogen and oxygen atoms in total. The fourth-order valence-electron chi connectivity index (χ4n) is 3.82. The predicted molar refractivity (Wildman–Crippen MR) is 147 cm³/mol. The molecule has 1 aromatic heterocycles. The lowest BCUT2D eigenvalue weighted by molar-refractivity contribution is 0.0300. The molecule has 2 aromatic carbocycles. The lowest BCUT2D eigenvalue weighted by Gasteiger charge is -2.16. The van der Waals surface area contributed by atoms with E-state index in [1.165, 1.54) is 32.1 Å². The zero-order valence-electron chi connectivity index (χ0n) is 22.4. The van der Waals surface area contributed by atoms with E-state index >= 15 is 0 Å². The van der Waals surface area contributed by atoms with Gasteiger partial charge in [0.1, 0.15) is 6.61 Å². The first kappa shape index (κ1) is 28.3. The van der Waals surface area contributed by atoms with E-state index in [1.807, 2.05) is 43.6 Å². The molecular weight excluding hydrogens is 464 g/mol. The van der Waals surface area contributed by atoms with Crippen molar-refractivity contribution in [3.63, 3.8) is 0 Å². The number of aromatic nitrogens is 2. The third kappa shape index (κ3) is 9.62. The predicted octanol–water partition coefficient (Wildman–Crippen LogP) is 7.46. The molecule has 0 saturated heterocycles. The van der Waals surface area contributed by atoms with E-state index in [0.29, 0.717) is 36.1 Å². The first-order chi connectivity index (χ1) is 18.1. The molecular formula is C31H40N2O4. The van der Waals surface area contributed by atoms with Gasteiger partial charge in [-0.2, -0.15) is 0 Å². The Balaban J connectivity index is 1.54. The van der Waals surface area contributed by atoms with Crippen LogP contribution >= 0.6 is 0 Å². The van der Waals surface area contributed by atoms with E-state index < -0.39 is 5.97 Å². The van der Waals surface area contributed by atoms with Gasteiger partial charge in [-0.3, -0.25) is 0 Å². The number of esters is 1. The van der Waals surface area contributed by atoms with Crippen molar-refractivity contribution in [1.82, 2.24) is 9.97 Å². The van der Waals surface area contributed by atoms with Gasteiger partial charge in [0.25, 0.3) is 0 Å². The number of hydrogen-bond acceptors (Lipinski definition) is 6. The second kappa shape index (κ2) is 15.8. The fraction of sp³-hybridized carbons (Fsp3) is 0.452. The first-order valence-corrected chi connectivity index (χ1v) is 13.6. The van der Waals surface area contributed by atoms with Crippen LogP contribution in [0.3, 0.4) is 0 Å². The van der Waals surface area contributed by atoms with E-state index in [2.05, 4.69) is 23.8 Å². The van der Waals surface area contributed by atoms with E-state index in [4.69, 9.17) is 14.2 Å². The van der Waals surface area contributed by atoms with Crippen LogP contribution in [0.2, 0.25) is 0 Å². The Bertz CT molecular complexity index is 1070. The normalized spacial score (nSPS) is 11.8. The fourth-order valence-corrected chi connectivity index (χ4v) is 3.82. The quantitative estimate of drug-likeness (QED) is 0.115. The van der Waals surface area contributed by atoms with E-state index in [9.17, 15) is 4.79 Å². The number of rotatable bonds is 16. The van der Waals surface area contributed by atoms with Crippen LogP contribution in [-0.2, 0) is 11.2 Å². The Hall–Kier alpha value is -3.25. The summed E-state index contributed by atoms with van der Waals surface area (Å²) in [5, 5.41) is 0. The molecule has 0 fully saturated rings. The van der Waals surface area contributed by atoms with Gasteiger partial charge in [0.2, 0.25) is 0 Å². The van der Waals surface area contributed by atoms with E-state index in [-0.39, 0.29) is 6.10 Å². The Morgan fingerprint density at radius 2 is 1.51 bits per heavy atom. The minimum Gasteiger partial charge on any atom is -0.487 e. The zero-order valence-corrected chi connectivity index (χ0v) is 22.4. The van der Waals surface area contributed by atoms with Crippen molar-refractivity contribution in [3.8, 4) is 22.9 Å². The molecule has 1 atom stereocenters. The van der Waals surface area contributed by atoms with Gasteiger partial charge < -0.3 is 14.2 Å². The van der Waals surface area contributed by atoms with Gasteiger partial charge in [0, 0.05) is 24.6 Å². The summed E-state index contributed by atoms with van der Waals surface area (Å²) >= 11 is 0. The Labute approximate surface area is 221 Å². The number of ether oxygens (including phenoxy) is 3. The van der Waals surface area contributed by atoms with Gasteiger partial charge in [-0.25, -0.2) is 14.8 Å². The molecule has 6 heteroatoms. The molecule has 0 amide bonds. The summed E-state index contributed by atoms with van der Waals surface area (Å²) in [6.07, 6.45) is 13.1. The highest BCUT2D eigenvalue weighted by Gasteiger charge is 2.14. The van der Waals surface area contributed by atoms with Crippen LogP contribution in [0.1, 0.15) is 81.6 Å². The molecule has 3 aromatic rings. The number of unbranched alkanes of at least 4 members (excludes halogenated alkanes) is 5. The first-order valence-electron chi connectivity index (χ1n) is 13.6. The summed E-state index contributed by atoms with van der Waals surface area (Å²) in [6.45, 7) is 7.42. The van der Waals surface area contributed by atoms with E-state index in [0.717, 1.165) is 30.4 Å². The topological polar surface area (TPSA) is 70.5 Å². The largest absolute Gasteiger partial charge is 0.487 e. The van der Waals surface area contributed by atoms with Crippen LogP contribution < -0.4 is 9.47 Å². The molecule has 0 N–H and O–H groups in total. The summed E-state index contributed by atoms with van der Waals surface area (Å²) in [5.74, 6) is 1.08. The maximum atomic E-state index is 12.8. The molecule has 1 unspecified atom stereocenters. The van der Waals surface area contributed by atoms with Crippen LogP contribution in [0.15, 0.2) is 60.9 Å². The maximum Gasteiger partial charge on any atom is 0.343 e. The highest BCUT2D eigenvalue weighted by molar-refractivity contribution is 5.91. The minimum atomic E-state index is -0.450. The third-order valence-corrected chi connectivity index (χ3v) is 6.08. The van der Waals surface area contributed by atoms with Crippen molar-refractivity contribution < 1.29 is 19.0 Å². The average Bonchev–Trinajstić information content (AvgIpc) is 2.93. The zero-order chi connectivity index (χ0) is 26.3. The summed E-state index contributed by atoms with van der Waals surface area (Å²) in [5.41, 5.74) is 2.45. The second-order valence-corrected chi connectivity index (χ2v) is 9.34. The van der Waals surface area contributed by atoms with Crippen molar-refractivity contribution in [3.05, 3.63) is 72.1 Å². The molecule has 0 saturated carbocycles. The lowest BCUT2D eigenvalue weighted by Crippen LogP contribution is -2.19. The van der Waals surface area contributed by atoms with Crippen molar-refractivity contribution >= 4 is 5.97 Å². The smallest absolute Gasteiger partial charge is 0.343 e. The highest BCUT2D eigenvalue weighted by Crippen LogP contribution is 2.28. The van der Waals surface area contributed by atoms with Crippen LogP contribution in [0.4, 0.5) is 0 Å². The number of nitrogens with zero attached hydrogens (tertiary/aromatic N) is 2. The van der Waals surface area contributed by atoms with Crippen molar-refractivity contribution in [2.75, 3.05) is 13.2 Å². The van der Waals surface area contributed by atoms with Gasteiger partial charge in [-0.05, 0) is 56.0 Å². The van der Waals surface area contributed by atoms with Crippen molar-refractivity contribution in [1.29, 1.82) is 0 Å². The number of carbonyl (C=O) groups is 1. The number of para-hydroxylation sites is 2. The summed E-state index contributed by atoms with van der Waals surface area (Å²) in [6, 6.07) is 14.3. The molecule has 3 rings (SSSR count). The molecule has 0 radical (unpaired) electrons. The van der Waals surface area contributed by atoms with Gasteiger partial charge >= 0.3 is 5.97 Å². The van der Waals surface area contributed by atoms with Gasteiger partial charge in [0.05, 0.1) is 11.7 Å². The van der Waals surface area contributed by atoms with Gasteiger partial charge in [0.15, 0.2) is 17.3 Å². The molecule has 0 aliphatic heterocycles. The molecule has 0 aliphatic carbocycles. The molecule has 0 aliphatic rings. The summed E-state index contributed by atoms with van der Waals surface area (Å²) < 4.78 is 17.3. The van der Waals surface area contributed by atoms with Crippen LogP contribution in [0.5, 0.6) is 11.5 Å². The maximum absolute atomic E-state index is 12.8. The number of hydrogen-bond donors (Lipinski definition) is 0.